The standard InChI is InChI=1S/C16H22FN5O3/c1-15(17)14(25-10(6-23)16(15,2)24)22-8-20-11-12(18-7-19-13(11)22)21(3)9-4-5-9/h7-10,14,23-24H,4-6H2,1-3H3/t10-,14-,15+,16-/m1/s1. The molecule has 136 valence electrons. The third-order valence-electron chi connectivity index (χ3n) is 5.56. The first-order chi connectivity index (χ1) is 11.8. The van der Waals surface area contributed by atoms with E-state index in [1.165, 1.54) is 31.1 Å². The molecule has 8 nitrogen and oxygen atoms in total. The fraction of sp³-hybridized carbons (Fsp3) is 0.688. The van der Waals surface area contributed by atoms with E-state index in [0.29, 0.717) is 23.0 Å². The van der Waals surface area contributed by atoms with Crippen LogP contribution in [-0.4, -0.2) is 66.8 Å². The van der Waals surface area contributed by atoms with Crippen molar-refractivity contribution < 1.29 is 19.3 Å². The smallest absolute Gasteiger partial charge is 0.183 e. The molecule has 2 aromatic rings. The normalized spacial score (nSPS) is 35.4. The second-order valence-electron chi connectivity index (χ2n) is 7.25. The zero-order valence-corrected chi connectivity index (χ0v) is 14.4. The summed E-state index contributed by atoms with van der Waals surface area (Å²) in [5.74, 6) is 0.690. The number of halogens is 1. The molecule has 1 aliphatic heterocycles. The van der Waals surface area contributed by atoms with Crippen LogP contribution in [0.1, 0.15) is 32.9 Å². The Morgan fingerprint density at radius 1 is 1.36 bits per heavy atom. The maximum absolute atomic E-state index is 15.4. The Hall–Kier alpha value is -1.84. The van der Waals surface area contributed by atoms with E-state index in [4.69, 9.17) is 4.74 Å². The van der Waals surface area contributed by atoms with Gasteiger partial charge in [-0.3, -0.25) is 4.57 Å². The largest absolute Gasteiger partial charge is 0.394 e. The molecule has 0 radical (unpaired) electrons. The van der Waals surface area contributed by atoms with Gasteiger partial charge < -0.3 is 19.8 Å². The lowest BCUT2D eigenvalue weighted by atomic mass is 9.85. The highest BCUT2D eigenvalue weighted by atomic mass is 19.1. The summed E-state index contributed by atoms with van der Waals surface area (Å²) in [6.45, 7) is 2.10. The van der Waals surface area contributed by atoms with Crippen molar-refractivity contribution in [2.24, 2.45) is 0 Å². The highest BCUT2D eigenvalue weighted by Gasteiger charge is 2.63. The first kappa shape index (κ1) is 16.6. The number of ether oxygens (including phenoxy) is 1. The van der Waals surface area contributed by atoms with E-state index in [9.17, 15) is 10.2 Å². The molecule has 0 spiro atoms. The Balaban J connectivity index is 1.79. The van der Waals surface area contributed by atoms with Gasteiger partial charge in [0.15, 0.2) is 28.9 Å². The van der Waals surface area contributed by atoms with Crippen LogP contribution in [-0.2, 0) is 4.74 Å². The summed E-state index contributed by atoms with van der Waals surface area (Å²) in [5.41, 5.74) is -2.99. The van der Waals surface area contributed by atoms with Gasteiger partial charge in [0.05, 0.1) is 12.9 Å². The van der Waals surface area contributed by atoms with Gasteiger partial charge in [0.25, 0.3) is 0 Å². The molecule has 25 heavy (non-hydrogen) atoms. The van der Waals surface area contributed by atoms with Crippen molar-refractivity contribution in [3.8, 4) is 0 Å². The lowest BCUT2D eigenvalue weighted by Gasteiger charge is -2.32. The monoisotopic (exact) mass is 351 g/mol. The summed E-state index contributed by atoms with van der Waals surface area (Å²) < 4.78 is 22.5. The molecule has 9 heteroatoms. The van der Waals surface area contributed by atoms with Crippen LogP contribution in [0.5, 0.6) is 0 Å². The van der Waals surface area contributed by atoms with Gasteiger partial charge in [-0.05, 0) is 26.7 Å². The summed E-state index contributed by atoms with van der Waals surface area (Å²) in [5, 5.41) is 20.0. The van der Waals surface area contributed by atoms with Crippen LogP contribution in [0.15, 0.2) is 12.7 Å². The van der Waals surface area contributed by atoms with E-state index in [-0.39, 0.29) is 0 Å². The molecule has 0 bridgehead atoms. The molecule has 1 saturated heterocycles. The summed E-state index contributed by atoms with van der Waals surface area (Å²) in [4.78, 5) is 15.0. The summed E-state index contributed by atoms with van der Waals surface area (Å²) in [6, 6.07) is 0.442. The van der Waals surface area contributed by atoms with Crippen LogP contribution in [0.2, 0.25) is 0 Å². The van der Waals surface area contributed by atoms with Gasteiger partial charge in [-0.15, -0.1) is 0 Å². The quantitative estimate of drug-likeness (QED) is 0.841. The molecule has 4 rings (SSSR count). The number of aromatic nitrogens is 4. The molecule has 2 fully saturated rings. The summed E-state index contributed by atoms with van der Waals surface area (Å²) >= 11 is 0. The van der Waals surface area contributed by atoms with Gasteiger partial charge in [0.1, 0.15) is 18.0 Å². The van der Waals surface area contributed by atoms with Crippen molar-refractivity contribution in [3.63, 3.8) is 0 Å². The number of anilines is 1. The Morgan fingerprint density at radius 3 is 2.68 bits per heavy atom. The van der Waals surface area contributed by atoms with Gasteiger partial charge >= 0.3 is 0 Å². The van der Waals surface area contributed by atoms with Crippen molar-refractivity contribution in [2.45, 2.75) is 56.3 Å². The molecule has 1 saturated carbocycles. The summed E-state index contributed by atoms with van der Waals surface area (Å²) in [6.07, 6.45) is 2.89. The van der Waals surface area contributed by atoms with Gasteiger partial charge in [0.2, 0.25) is 0 Å². The van der Waals surface area contributed by atoms with Gasteiger partial charge in [-0.2, -0.15) is 0 Å². The fourth-order valence-corrected chi connectivity index (χ4v) is 3.43. The highest BCUT2D eigenvalue weighted by molar-refractivity contribution is 5.83. The Morgan fingerprint density at radius 2 is 2.08 bits per heavy atom. The molecule has 3 heterocycles. The van der Waals surface area contributed by atoms with E-state index < -0.39 is 30.2 Å². The molecular formula is C16H22FN5O3. The SMILES string of the molecule is CN(c1ncnc2c1ncn2[C@@H]1O[C@H](CO)[C@@](C)(O)[C@@]1(C)F)C1CC1. The molecule has 2 aliphatic rings. The third-order valence-corrected chi connectivity index (χ3v) is 5.56. The van der Waals surface area contributed by atoms with Crippen LogP contribution >= 0.6 is 0 Å². The van der Waals surface area contributed by atoms with Gasteiger partial charge in [0, 0.05) is 13.1 Å². The fourth-order valence-electron chi connectivity index (χ4n) is 3.43. The molecule has 4 atom stereocenters. The Kier molecular flexibility index (Phi) is 3.54. The predicted octanol–water partition coefficient (Wildman–Crippen LogP) is 0.794. The predicted molar refractivity (Wildman–Crippen MR) is 87.9 cm³/mol. The van der Waals surface area contributed by atoms with Crippen LogP contribution in [0.4, 0.5) is 10.2 Å². The number of hydrogen-bond acceptors (Lipinski definition) is 7. The maximum Gasteiger partial charge on any atom is 0.183 e. The van der Waals surface area contributed by atoms with E-state index in [0.717, 1.165) is 12.8 Å². The molecule has 0 aromatic carbocycles. The number of hydrogen-bond donors (Lipinski definition) is 2. The van der Waals surface area contributed by atoms with Crippen LogP contribution in [0, 0.1) is 0 Å². The number of alkyl halides is 1. The molecular weight excluding hydrogens is 329 g/mol. The minimum Gasteiger partial charge on any atom is -0.394 e. The molecule has 1 aliphatic carbocycles. The molecule has 0 amide bonds. The number of aliphatic hydroxyl groups is 2. The lowest BCUT2D eigenvalue weighted by Crippen LogP contribution is -2.51. The van der Waals surface area contributed by atoms with Gasteiger partial charge in [-0.25, -0.2) is 19.3 Å². The lowest BCUT2D eigenvalue weighted by molar-refractivity contribution is -0.0891. The van der Waals surface area contributed by atoms with E-state index >= 15 is 4.39 Å². The first-order valence-electron chi connectivity index (χ1n) is 8.37. The highest BCUT2D eigenvalue weighted by Crippen LogP contribution is 2.48. The van der Waals surface area contributed by atoms with Crippen LogP contribution in [0.25, 0.3) is 11.2 Å². The minimum absolute atomic E-state index is 0.431. The number of fused-ring (bicyclic) bond motifs is 1. The molecule has 2 N–H and O–H groups in total. The maximum atomic E-state index is 15.4. The zero-order valence-electron chi connectivity index (χ0n) is 14.4. The van der Waals surface area contributed by atoms with Crippen LogP contribution in [0.3, 0.4) is 0 Å². The molecule has 2 aromatic heterocycles. The average molecular weight is 351 g/mol. The number of rotatable bonds is 4. The first-order valence-corrected chi connectivity index (χ1v) is 8.37. The number of imidazole rings is 1. The number of aliphatic hydroxyl groups excluding tert-OH is 1. The topological polar surface area (TPSA) is 96.5 Å². The number of nitrogens with zero attached hydrogens (tertiary/aromatic N) is 5. The summed E-state index contributed by atoms with van der Waals surface area (Å²) in [7, 11) is 1.95. The van der Waals surface area contributed by atoms with Crippen molar-refractivity contribution in [1.29, 1.82) is 0 Å². The van der Waals surface area contributed by atoms with Crippen LogP contribution < -0.4 is 4.90 Å². The van der Waals surface area contributed by atoms with Crippen molar-refractivity contribution >= 4 is 17.0 Å². The Bertz CT molecular complexity index is 804. The second kappa shape index (κ2) is 5.33. The minimum atomic E-state index is -2.14. The Labute approximate surface area is 144 Å². The third kappa shape index (κ3) is 2.26. The van der Waals surface area contributed by atoms with E-state index in [2.05, 4.69) is 19.9 Å². The van der Waals surface area contributed by atoms with Gasteiger partial charge in [-0.1, -0.05) is 0 Å². The second-order valence-corrected chi connectivity index (χ2v) is 7.25. The molecule has 0 unspecified atom stereocenters. The van der Waals surface area contributed by atoms with Crippen molar-refractivity contribution in [2.75, 3.05) is 18.6 Å². The zero-order chi connectivity index (χ0) is 18.0. The van der Waals surface area contributed by atoms with Crippen molar-refractivity contribution in [1.82, 2.24) is 19.5 Å². The van der Waals surface area contributed by atoms with E-state index in [1.54, 1.807) is 0 Å². The van der Waals surface area contributed by atoms with Crippen molar-refractivity contribution in [3.05, 3.63) is 12.7 Å². The van der Waals surface area contributed by atoms with E-state index in [1.807, 2.05) is 7.05 Å². The average Bonchev–Trinajstić information content (AvgIpc) is 3.30.